The number of halogens is 1. The zero-order chi connectivity index (χ0) is 9.68. The van der Waals surface area contributed by atoms with Crippen LogP contribution in [0.25, 0.3) is 0 Å². The van der Waals surface area contributed by atoms with Crippen molar-refractivity contribution in [3.8, 4) is 11.5 Å². The Labute approximate surface area is 81.2 Å². The lowest BCUT2D eigenvalue weighted by Gasteiger charge is -2.03. The van der Waals surface area contributed by atoms with E-state index >= 15 is 0 Å². The van der Waals surface area contributed by atoms with Gasteiger partial charge in [0.25, 0.3) is 5.24 Å². The summed E-state index contributed by atoms with van der Waals surface area (Å²) in [6.07, 6.45) is 0. The first-order valence-corrected chi connectivity index (χ1v) is 4.05. The highest BCUT2D eigenvalue weighted by atomic mass is 35.5. The predicted octanol–water partition coefficient (Wildman–Crippen LogP) is 1.84. The van der Waals surface area contributed by atoms with Crippen molar-refractivity contribution in [2.45, 2.75) is 0 Å². The molecular weight excluding hydrogens is 192 g/mol. The van der Waals surface area contributed by atoms with Crippen LogP contribution in [0.2, 0.25) is 0 Å². The van der Waals surface area contributed by atoms with Gasteiger partial charge >= 0.3 is 0 Å². The lowest BCUT2D eigenvalue weighted by Crippen LogP contribution is -2.03. The molecule has 1 aromatic carbocycles. The zero-order valence-corrected chi connectivity index (χ0v) is 7.88. The molecule has 0 atom stereocenters. The van der Waals surface area contributed by atoms with Crippen LogP contribution in [0.3, 0.4) is 0 Å². The summed E-state index contributed by atoms with van der Waals surface area (Å²) in [7, 11) is 1.58. The van der Waals surface area contributed by atoms with E-state index in [-0.39, 0.29) is 6.61 Å². The highest BCUT2D eigenvalue weighted by Gasteiger charge is 1.98. The summed E-state index contributed by atoms with van der Waals surface area (Å²) in [6.45, 7) is -0.117. The fraction of sp³-hybridized carbons (Fsp3) is 0.222. The fourth-order valence-electron chi connectivity index (χ4n) is 0.812. The molecule has 0 heterocycles. The highest BCUT2D eigenvalue weighted by molar-refractivity contribution is 6.63. The number of carbonyl (C=O) groups is 1. The predicted molar refractivity (Wildman–Crippen MR) is 49.3 cm³/mol. The summed E-state index contributed by atoms with van der Waals surface area (Å²) in [5.41, 5.74) is 0. The standard InChI is InChI=1S/C9H9ClO3/c1-12-7-2-4-8(5-3-7)13-6-9(10)11/h2-5H,6H2,1H3. The summed E-state index contributed by atoms with van der Waals surface area (Å²) >= 11 is 5.10. The molecule has 0 saturated heterocycles. The van der Waals surface area contributed by atoms with Gasteiger partial charge in [0.1, 0.15) is 11.5 Å². The quantitative estimate of drug-likeness (QED) is 0.696. The molecule has 0 N–H and O–H groups in total. The lowest BCUT2D eigenvalue weighted by molar-refractivity contribution is -0.113. The number of hydrogen-bond acceptors (Lipinski definition) is 3. The van der Waals surface area contributed by atoms with Crippen LogP contribution in [0.15, 0.2) is 24.3 Å². The second-order valence-electron chi connectivity index (χ2n) is 2.32. The summed E-state index contributed by atoms with van der Waals surface area (Å²) in [6, 6.07) is 6.90. The van der Waals surface area contributed by atoms with Crippen LogP contribution < -0.4 is 9.47 Å². The van der Waals surface area contributed by atoms with Gasteiger partial charge in [0, 0.05) is 0 Å². The lowest BCUT2D eigenvalue weighted by atomic mass is 10.3. The summed E-state index contributed by atoms with van der Waals surface area (Å²) in [4.78, 5) is 10.4. The van der Waals surface area contributed by atoms with Gasteiger partial charge in [-0.2, -0.15) is 0 Å². The van der Waals surface area contributed by atoms with Crippen molar-refractivity contribution in [3.63, 3.8) is 0 Å². The van der Waals surface area contributed by atoms with E-state index < -0.39 is 5.24 Å². The molecule has 1 rings (SSSR count). The maximum atomic E-state index is 10.4. The van der Waals surface area contributed by atoms with Gasteiger partial charge in [0.15, 0.2) is 6.61 Å². The number of hydrogen-bond donors (Lipinski definition) is 0. The van der Waals surface area contributed by atoms with Gasteiger partial charge in [-0.25, -0.2) is 0 Å². The molecule has 13 heavy (non-hydrogen) atoms. The molecule has 70 valence electrons. The molecule has 0 aromatic heterocycles. The van der Waals surface area contributed by atoms with Crippen molar-refractivity contribution in [3.05, 3.63) is 24.3 Å². The largest absolute Gasteiger partial charge is 0.497 e. The molecule has 0 aliphatic rings. The highest BCUT2D eigenvalue weighted by Crippen LogP contribution is 2.16. The van der Waals surface area contributed by atoms with Crippen LogP contribution >= 0.6 is 11.6 Å². The third-order valence-corrected chi connectivity index (χ3v) is 1.52. The average molecular weight is 201 g/mol. The minimum Gasteiger partial charge on any atom is -0.497 e. The van der Waals surface area contributed by atoms with Crippen LogP contribution in [0.1, 0.15) is 0 Å². The van der Waals surface area contributed by atoms with Crippen molar-refractivity contribution in [1.82, 2.24) is 0 Å². The maximum absolute atomic E-state index is 10.4. The smallest absolute Gasteiger partial charge is 0.259 e. The average Bonchev–Trinajstić information content (AvgIpc) is 2.15. The first kappa shape index (κ1) is 9.86. The van der Waals surface area contributed by atoms with Crippen molar-refractivity contribution >= 4 is 16.8 Å². The van der Waals surface area contributed by atoms with E-state index in [2.05, 4.69) is 0 Å². The van der Waals surface area contributed by atoms with Crippen molar-refractivity contribution < 1.29 is 14.3 Å². The summed E-state index contributed by atoms with van der Waals surface area (Å²) < 4.78 is 9.98. The SMILES string of the molecule is COc1ccc(OCC(=O)Cl)cc1. The Kier molecular flexibility index (Phi) is 3.58. The number of ether oxygens (including phenoxy) is 2. The van der Waals surface area contributed by atoms with E-state index in [0.29, 0.717) is 5.75 Å². The van der Waals surface area contributed by atoms with Gasteiger partial charge in [0.05, 0.1) is 7.11 Å². The molecular formula is C9H9ClO3. The van der Waals surface area contributed by atoms with Gasteiger partial charge < -0.3 is 9.47 Å². The van der Waals surface area contributed by atoms with Crippen LogP contribution in [-0.4, -0.2) is 19.0 Å². The Morgan fingerprint density at radius 3 is 2.31 bits per heavy atom. The Hall–Kier alpha value is -1.22. The van der Waals surface area contributed by atoms with Gasteiger partial charge in [-0.15, -0.1) is 0 Å². The molecule has 0 unspecified atom stereocenters. The molecule has 0 fully saturated rings. The Morgan fingerprint density at radius 1 is 1.31 bits per heavy atom. The van der Waals surface area contributed by atoms with E-state index in [1.54, 1.807) is 31.4 Å². The van der Waals surface area contributed by atoms with E-state index in [9.17, 15) is 4.79 Å². The van der Waals surface area contributed by atoms with Gasteiger partial charge in [-0.05, 0) is 35.9 Å². The molecule has 4 heteroatoms. The minimum atomic E-state index is -0.518. The van der Waals surface area contributed by atoms with Crippen molar-refractivity contribution in [2.75, 3.05) is 13.7 Å². The molecule has 0 spiro atoms. The normalized spacial score (nSPS) is 9.38. The Balaban J connectivity index is 2.54. The van der Waals surface area contributed by atoms with E-state index in [1.807, 2.05) is 0 Å². The number of methoxy groups -OCH3 is 1. The molecule has 3 nitrogen and oxygen atoms in total. The van der Waals surface area contributed by atoms with Crippen LogP contribution in [-0.2, 0) is 4.79 Å². The topological polar surface area (TPSA) is 35.5 Å². The Bertz CT molecular complexity index is 281. The first-order chi connectivity index (χ1) is 6.22. The molecule has 1 aromatic rings. The molecule has 0 amide bonds. The second-order valence-corrected chi connectivity index (χ2v) is 2.74. The Morgan fingerprint density at radius 2 is 1.85 bits per heavy atom. The van der Waals surface area contributed by atoms with Gasteiger partial charge in [0.2, 0.25) is 0 Å². The molecule has 0 radical (unpaired) electrons. The molecule has 0 saturated carbocycles. The van der Waals surface area contributed by atoms with E-state index in [1.165, 1.54) is 0 Å². The monoisotopic (exact) mass is 200 g/mol. The van der Waals surface area contributed by atoms with Crippen LogP contribution in [0.4, 0.5) is 0 Å². The van der Waals surface area contributed by atoms with Gasteiger partial charge in [-0.3, -0.25) is 4.79 Å². The van der Waals surface area contributed by atoms with E-state index in [0.717, 1.165) is 5.75 Å². The number of carbonyl (C=O) groups excluding carboxylic acids is 1. The molecule has 0 aliphatic heterocycles. The molecule has 0 bridgehead atoms. The summed E-state index contributed by atoms with van der Waals surface area (Å²) in [5.74, 6) is 1.33. The fourth-order valence-corrected chi connectivity index (χ4v) is 0.867. The van der Waals surface area contributed by atoms with Crippen LogP contribution in [0.5, 0.6) is 11.5 Å². The van der Waals surface area contributed by atoms with Gasteiger partial charge in [-0.1, -0.05) is 0 Å². The maximum Gasteiger partial charge on any atom is 0.259 e. The molecule has 0 aliphatic carbocycles. The third kappa shape index (κ3) is 3.34. The number of rotatable bonds is 4. The summed E-state index contributed by atoms with van der Waals surface area (Å²) in [5, 5.41) is -0.518. The van der Waals surface area contributed by atoms with E-state index in [4.69, 9.17) is 21.1 Å². The van der Waals surface area contributed by atoms with Crippen molar-refractivity contribution in [2.24, 2.45) is 0 Å². The third-order valence-electron chi connectivity index (χ3n) is 1.41. The van der Waals surface area contributed by atoms with Crippen LogP contribution in [0, 0.1) is 0 Å². The minimum absolute atomic E-state index is 0.117. The number of benzene rings is 1. The van der Waals surface area contributed by atoms with Crippen molar-refractivity contribution in [1.29, 1.82) is 0 Å². The zero-order valence-electron chi connectivity index (χ0n) is 7.12. The first-order valence-electron chi connectivity index (χ1n) is 3.67. The second kappa shape index (κ2) is 4.72.